The highest BCUT2D eigenvalue weighted by Gasteiger charge is 2.12. The van der Waals surface area contributed by atoms with Gasteiger partial charge in [0.05, 0.1) is 32.9 Å². The van der Waals surface area contributed by atoms with E-state index in [1.165, 1.54) is 11.1 Å². The Balaban J connectivity index is 2.27. The molecule has 0 saturated heterocycles. The molecule has 0 aliphatic carbocycles. The highest BCUT2D eigenvalue weighted by molar-refractivity contribution is 14.2. The van der Waals surface area contributed by atoms with Crippen molar-refractivity contribution in [1.82, 2.24) is 0 Å². The molecular formula is C18H28IO3P. The van der Waals surface area contributed by atoms with Crippen molar-refractivity contribution >= 4 is 34.6 Å². The molecule has 1 rings (SSSR count). The first-order valence-corrected chi connectivity index (χ1v) is 12.2. The largest absolute Gasteiger partial charge is 0.379 e. The zero-order chi connectivity index (χ0) is 16.8. The van der Waals surface area contributed by atoms with E-state index in [2.05, 4.69) is 72.3 Å². The van der Waals surface area contributed by atoms with Crippen LogP contribution in [0.4, 0.5) is 0 Å². The van der Waals surface area contributed by atoms with Gasteiger partial charge in [0, 0.05) is 6.61 Å². The third-order valence-corrected chi connectivity index (χ3v) is 4.89. The molecule has 0 spiro atoms. The highest BCUT2D eigenvalue weighted by Crippen LogP contribution is 2.27. The Bertz CT molecular complexity index is 440. The van der Waals surface area contributed by atoms with Crippen LogP contribution in [0.1, 0.15) is 43.7 Å². The van der Waals surface area contributed by atoms with Gasteiger partial charge < -0.3 is 14.0 Å². The molecule has 0 aromatic heterocycles. The number of benzene rings is 1. The molecule has 1 aromatic rings. The lowest BCUT2D eigenvalue weighted by Crippen LogP contribution is -2.10. The van der Waals surface area contributed by atoms with Crippen LogP contribution in [0.3, 0.4) is 0 Å². The summed E-state index contributed by atoms with van der Waals surface area (Å²) in [5.74, 6) is 0.543. The first kappa shape index (κ1) is 21.0. The Kier molecular flexibility index (Phi) is 13.1. The number of allylic oxidation sites excluding steroid dienone is 1. The fourth-order valence-corrected chi connectivity index (χ4v) is 3.30. The monoisotopic (exact) mass is 450 g/mol. The summed E-state index contributed by atoms with van der Waals surface area (Å²) in [5, 5.41) is 0. The Morgan fingerprint density at radius 3 is 2.48 bits per heavy atom. The van der Waals surface area contributed by atoms with Crippen molar-refractivity contribution in [3.8, 4) is 0 Å². The molecule has 0 radical (unpaired) electrons. The lowest BCUT2D eigenvalue weighted by molar-refractivity contribution is 0.0362. The molecule has 5 heteroatoms. The van der Waals surface area contributed by atoms with E-state index in [1.807, 2.05) is 0 Å². The average molecular weight is 450 g/mol. The third kappa shape index (κ3) is 9.16. The van der Waals surface area contributed by atoms with Gasteiger partial charge in [-0.05, 0) is 58.9 Å². The number of hydrogen-bond donors (Lipinski definition) is 0. The molecule has 2 unspecified atom stereocenters. The quantitative estimate of drug-likeness (QED) is 0.223. The Labute approximate surface area is 155 Å². The van der Waals surface area contributed by atoms with Crippen LogP contribution in [0.2, 0.25) is 0 Å². The molecule has 23 heavy (non-hydrogen) atoms. The van der Waals surface area contributed by atoms with Gasteiger partial charge in [0.25, 0.3) is 0 Å². The summed E-state index contributed by atoms with van der Waals surface area (Å²) in [5.41, 5.74) is 2.74. The summed E-state index contributed by atoms with van der Waals surface area (Å²) in [6.45, 7) is 8.19. The number of halogens is 1. The molecule has 0 fully saturated rings. The Hall–Kier alpha value is -0.000000000000000222. The molecule has 0 heterocycles. The van der Waals surface area contributed by atoms with Crippen LogP contribution >= 0.6 is 28.5 Å². The van der Waals surface area contributed by atoms with Gasteiger partial charge in [0.15, 0.2) is 0 Å². The predicted octanol–water partition coefficient (Wildman–Crippen LogP) is 5.60. The van der Waals surface area contributed by atoms with Crippen LogP contribution in [-0.4, -0.2) is 33.0 Å². The van der Waals surface area contributed by atoms with Crippen LogP contribution < -0.4 is 0 Å². The third-order valence-electron chi connectivity index (χ3n) is 3.64. The first-order chi connectivity index (χ1) is 11.3. The van der Waals surface area contributed by atoms with Gasteiger partial charge in [0.1, 0.15) is 0 Å². The highest BCUT2D eigenvalue weighted by atomic mass is 127. The topological polar surface area (TPSA) is 27.7 Å². The maximum absolute atomic E-state index is 5.71. The summed E-state index contributed by atoms with van der Waals surface area (Å²) in [6, 6.07) is 8.64. The van der Waals surface area contributed by atoms with Gasteiger partial charge >= 0.3 is 0 Å². The van der Waals surface area contributed by atoms with Gasteiger partial charge in [-0.3, -0.25) is 0 Å². The van der Waals surface area contributed by atoms with E-state index < -0.39 is 0 Å². The molecule has 0 N–H and O–H groups in total. The maximum atomic E-state index is 5.71. The van der Waals surface area contributed by atoms with E-state index in [0.717, 1.165) is 19.4 Å². The van der Waals surface area contributed by atoms with Crippen molar-refractivity contribution in [3.63, 3.8) is 0 Å². The number of hydrogen-bond acceptors (Lipinski definition) is 3. The zero-order valence-electron chi connectivity index (χ0n) is 14.1. The fourth-order valence-electron chi connectivity index (χ4n) is 2.48. The molecule has 1 aromatic carbocycles. The summed E-state index contributed by atoms with van der Waals surface area (Å²) in [4.78, 5) is 0. The minimum atomic E-state index is 0.505. The van der Waals surface area contributed by atoms with E-state index in [9.17, 15) is 0 Å². The van der Waals surface area contributed by atoms with Crippen LogP contribution in [-0.2, 0) is 14.0 Å². The smallest absolute Gasteiger partial charge is 0.0794 e. The molecule has 0 aliphatic rings. The fraction of sp³-hybridized carbons (Fsp3) is 0.556. The van der Waals surface area contributed by atoms with Crippen LogP contribution in [0.5, 0.6) is 0 Å². The van der Waals surface area contributed by atoms with E-state index >= 15 is 0 Å². The predicted molar refractivity (Wildman–Crippen MR) is 109 cm³/mol. The van der Waals surface area contributed by atoms with Crippen molar-refractivity contribution < 1.29 is 14.0 Å². The summed E-state index contributed by atoms with van der Waals surface area (Å²) < 4.78 is 16.4. The van der Waals surface area contributed by atoms with E-state index in [1.54, 1.807) is 0 Å². The standard InChI is InChI=1S/C18H28IO3P/c1-3-7-17-8-5-6-9-18(17)16(4-2)10-11-20-12-13-21-14-15-22-23-19/h3,5-9,16,23H,4,10-15H2,1-2H3/b7-3-. The first-order valence-electron chi connectivity index (χ1n) is 8.18. The van der Waals surface area contributed by atoms with Crippen molar-refractivity contribution in [2.45, 2.75) is 32.6 Å². The summed E-state index contributed by atoms with van der Waals surface area (Å²) in [6.07, 6.45) is 6.46. The molecule has 0 aliphatic heterocycles. The molecular weight excluding hydrogens is 422 g/mol. The van der Waals surface area contributed by atoms with Crippen molar-refractivity contribution in [2.75, 3.05) is 33.0 Å². The minimum absolute atomic E-state index is 0.505. The second kappa shape index (κ2) is 14.4. The Morgan fingerprint density at radius 2 is 1.78 bits per heavy atom. The second-order valence-corrected chi connectivity index (χ2v) is 6.94. The second-order valence-electron chi connectivity index (χ2n) is 5.17. The van der Waals surface area contributed by atoms with E-state index in [4.69, 9.17) is 14.0 Å². The summed E-state index contributed by atoms with van der Waals surface area (Å²) >= 11 is 2.21. The lowest BCUT2D eigenvalue weighted by atomic mass is 9.89. The van der Waals surface area contributed by atoms with Crippen LogP contribution in [0, 0.1) is 0 Å². The number of ether oxygens (including phenoxy) is 2. The van der Waals surface area contributed by atoms with Gasteiger partial charge in [-0.15, -0.1) is 0 Å². The SMILES string of the molecule is C/C=C\c1ccccc1C(CC)CCOCCOCCOPI. The van der Waals surface area contributed by atoms with Crippen molar-refractivity contribution in [2.24, 2.45) is 0 Å². The minimum Gasteiger partial charge on any atom is -0.379 e. The average Bonchev–Trinajstić information content (AvgIpc) is 2.58. The van der Waals surface area contributed by atoms with Gasteiger partial charge in [-0.2, -0.15) is 0 Å². The lowest BCUT2D eigenvalue weighted by Gasteiger charge is -2.18. The molecule has 2 atom stereocenters. The van der Waals surface area contributed by atoms with E-state index in [-0.39, 0.29) is 0 Å². The van der Waals surface area contributed by atoms with Crippen LogP contribution in [0.15, 0.2) is 30.3 Å². The summed E-state index contributed by atoms with van der Waals surface area (Å²) in [7, 11) is 0. The normalized spacial score (nSPS) is 13.3. The maximum Gasteiger partial charge on any atom is 0.0794 e. The van der Waals surface area contributed by atoms with E-state index in [0.29, 0.717) is 38.8 Å². The molecule has 0 bridgehead atoms. The molecule has 0 saturated carbocycles. The van der Waals surface area contributed by atoms with Crippen LogP contribution in [0.25, 0.3) is 6.08 Å². The zero-order valence-corrected chi connectivity index (χ0v) is 17.3. The molecule has 0 amide bonds. The molecule has 3 nitrogen and oxygen atoms in total. The van der Waals surface area contributed by atoms with Gasteiger partial charge in [-0.1, -0.05) is 43.3 Å². The van der Waals surface area contributed by atoms with Crippen molar-refractivity contribution in [3.05, 3.63) is 41.5 Å². The van der Waals surface area contributed by atoms with Gasteiger partial charge in [0.2, 0.25) is 0 Å². The Morgan fingerprint density at radius 1 is 1.09 bits per heavy atom. The number of rotatable bonds is 13. The molecule has 130 valence electrons. The van der Waals surface area contributed by atoms with Crippen molar-refractivity contribution in [1.29, 1.82) is 0 Å². The van der Waals surface area contributed by atoms with Gasteiger partial charge in [-0.25, -0.2) is 0 Å².